The predicted octanol–water partition coefficient (Wildman–Crippen LogP) is 12.8. The number of carbonyl (C=O) groups excluding carboxylic acids is 2. The summed E-state index contributed by atoms with van der Waals surface area (Å²) in [5, 5.41) is 4.94. The number of halogens is 1. The molecule has 0 aliphatic rings. The van der Waals surface area contributed by atoms with Crippen LogP contribution in [0, 0.1) is 5.82 Å². The zero-order valence-corrected chi connectivity index (χ0v) is 36.9. The molecule has 9 aromatic carbocycles. The maximum Gasteiger partial charge on any atom is 0.193 e. The van der Waals surface area contributed by atoms with Crippen molar-refractivity contribution in [2.24, 2.45) is 0 Å². The standard InChI is InChI=1S/C59H45FO4P/c1-59(2,46-26-36-51(37-27-46)63-49-32-20-43(21-33-49)57(61)42-18-30-48(60)31-19-42)47-28-38-52(39-29-47)64-50-34-22-44(23-35-50)58(62)45-24-40-56(41-25-45)65(53-12-6-3-7-13-53,54-14-8-4-9-15-54)55-16-10-5-11-17-55/h3-41H,1-2H3/q+1. The quantitative estimate of drug-likeness (QED) is 0.0807. The molecule has 0 bridgehead atoms. The molecule has 0 aliphatic carbocycles. The lowest BCUT2D eigenvalue weighted by atomic mass is 9.78. The molecule has 0 radical (unpaired) electrons. The van der Waals surface area contributed by atoms with E-state index < -0.39 is 7.26 Å². The van der Waals surface area contributed by atoms with E-state index in [9.17, 15) is 14.0 Å². The number of ketones is 2. The van der Waals surface area contributed by atoms with E-state index in [1.165, 1.54) is 45.5 Å². The molecular formula is C59H45FO4P+. The molecule has 0 amide bonds. The fourth-order valence-corrected chi connectivity index (χ4v) is 12.5. The Morgan fingerprint density at radius 2 is 0.615 bits per heavy atom. The average Bonchev–Trinajstić information content (AvgIpc) is 3.36. The molecule has 0 fully saturated rings. The van der Waals surface area contributed by atoms with Gasteiger partial charge in [-0.15, -0.1) is 0 Å². The number of rotatable bonds is 14. The zero-order valence-electron chi connectivity index (χ0n) is 36.0. The summed E-state index contributed by atoms with van der Waals surface area (Å²) in [5.41, 5.74) is 4.04. The first-order valence-corrected chi connectivity index (χ1v) is 23.3. The van der Waals surface area contributed by atoms with Gasteiger partial charge >= 0.3 is 0 Å². The Morgan fingerprint density at radius 1 is 0.354 bits per heavy atom. The second-order valence-corrected chi connectivity index (χ2v) is 19.7. The number of ether oxygens (including phenoxy) is 2. The van der Waals surface area contributed by atoms with Gasteiger partial charge in [0.2, 0.25) is 0 Å². The molecule has 0 saturated heterocycles. The number of carbonyl (C=O) groups is 2. The fraction of sp³-hybridized carbons (Fsp3) is 0.0508. The van der Waals surface area contributed by atoms with E-state index in [1.807, 2.05) is 60.7 Å². The van der Waals surface area contributed by atoms with Crippen molar-refractivity contribution in [1.82, 2.24) is 0 Å². The molecule has 0 unspecified atom stereocenters. The second kappa shape index (κ2) is 18.6. The first-order valence-electron chi connectivity index (χ1n) is 21.5. The van der Waals surface area contributed by atoms with Crippen LogP contribution >= 0.6 is 7.26 Å². The van der Waals surface area contributed by atoms with E-state index in [0.29, 0.717) is 45.3 Å². The Morgan fingerprint density at radius 3 is 0.938 bits per heavy atom. The van der Waals surface area contributed by atoms with Crippen molar-refractivity contribution in [2.75, 3.05) is 0 Å². The molecule has 0 aliphatic heterocycles. The van der Waals surface area contributed by atoms with E-state index in [-0.39, 0.29) is 22.8 Å². The van der Waals surface area contributed by atoms with Gasteiger partial charge in [-0.2, -0.15) is 0 Å². The summed E-state index contributed by atoms with van der Waals surface area (Å²) in [5.74, 6) is 1.98. The van der Waals surface area contributed by atoms with Crippen LogP contribution in [0.5, 0.6) is 23.0 Å². The van der Waals surface area contributed by atoms with Crippen LogP contribution in [-0.4, -0.2) is 11.6 Å². The third kappa shape index (κ3) is 8.93. The molecule has 0 N–H and O–H groups in total. The lowest BCUT2D eigenvalue weighted by Crippen LogP contribution is -2.38. The maximum atomic E-state index is 13.9. The molecule has 4 nitrogen and oxygen atoms in total. The van der Waals surface area contributed by atoms with Gasteiger partial charge in [-0.3, -0.25) is 9.59 Å². The highest BCUT2D eigenvalue weighted by molar-refractivity contribution is 8.01. The Labute approximate surface area is 380 Å². The smallest absolute Gasteiger partial charge is 0.193 e. The van der Waals surface area contributed by atoms with Gasteiger partial charge in [-0.1, -0.05) is 92.7 Å². The van der Waals surface area contributed by atoms with Crippen molar-refractivity contribution < 1.29 is 23.5 Å². The van der Waals surface area contributed by atoms with Crippen LogP contribution in [0.15, 0.2) is 237 Å². The van der Waals surface area contributed by atoms with E-state index in [2.05, 4.69) is 141 Å². The molecule has 0 spiro atoms. The molecule has 6 heteroatoms. The third-order valence-corrected chi connectivity index (χ3v) is 16.2. The van der Waals surface area contributed by atoms with Gasteiger partial charge in [0, 0.05) is 27.7 Å². The minimum atomic E-state index is -2.27. The highest BCUT2D eigenvalue weighted by Crippen LogP contribution is 2.54. The number of hydrogen-bond acceptors (Lipinski definition) is 4. The zero-order chi connectivity index (χ0) is 44.8. The van der Waals surface area contributed by atoms with Gasteiger partial charge in [0.05, 0.1) is 0 Å². The van der Waals surface area contributed by atoms with E-state index >= 15 is 0 Å². The number of benzene rings is 9. The average molecular weight is 868 g/mol. The van der Waals surface area contributed by atoms with E-state index in [0.717, 1.165) is 11.1 Å². The van der Waals surface area contributed by atoms with Crippen LogP contribution in [-0.2, 0) is 5.41 Å². The van der Waals surface area contributed by atoms with E-state index in [1.54, 1.807) is 24.3 Å². The molecule has 0 saturated carbocycles. The lowest BCUT2D eigenvalue weighted by molar-refractivity contribution is 0.103. The Hall–Kier alpha value is -7.72. The summed E-state index contributed by atoms with van der Waals surface area (Å²) in [6, 6.07) is 76.1. The van der Waals surface area contributed by atoms with Gasteiger partial charge in [-0.25, -0.2) is 4.39 Å². The highest BCUT2D eigenvalue weighted by atomic mass is 31.2. The Balaban J connectivity index is 0.848. The largest absolute Gasteiger partial charge is 0.457 e. The summed E-state index contributed by atoms with van der Waals surface area (Å²) < 4.78 is 25.6. The molecule has 9 rings (SSSR count). The van der Waals surface area contributed by atoms with Crippen LogP contribution < -0.4 is 30.7 Å². The minimum absolute atomic E-state index is 0.0521. The van der Waals surface area contributed by atoms with Crippen molar-refractivity contribution in [2.45, 2.75) is 19.3 Å². The summed E-state index contributed by atoms with van der Waals surface area (Å²) in [7, 11) is -2.27. The van der Waals surface area contributed by atoms with Crippen LogP contribution in [0.25, 0.3) is 0 Å². The predicted molar refractivity (Wildman–Crippen MR) is 263 cm³/mol. The second-order valence-electron chi connectivity index (χ2n) is 16.3. The maximum absolute atomic E-state index is 13.9. The Bertz CT molecular complexity index is 2930. The third-order valence-electron chi connectivity index (χ3n) is 11.9. The molecule has 65 heavy (non-hydrogen) atoms. The SMILES string of the molecule is CC(C)(c1ccc(Oc2ccc(C(=O)c3ccc(F)cc3)cc2)cc1)c1ccc(Oc2ccc(C(=O)c3ccc([P+](c4ccccc4)(c4ccccc4)c4ccccc4)cc3)cc2)cc1. The van der Waals surface area contributed by atoms with Gasteiger partial charge in [0.1, 0.15) is 57.3 Å². The summed E-state index contributed by atoms with van der Waals surface area (Å²) in [6.45, 7) is 4.35. The molecule has 316 valence electrons. The van der Waals surface area contributed by atoms with Gasteiger partial charge < -0.3 is 9.47 Å². The lowest BCUT2D eigenvalue weighted by Gasteiger charge is -2.27. The Kier molecular flexibility index (Phi) is 12.2. The molecule has 0 aromatic heterocycles. The summed E-state index contributed by atoms with van der Waals surface area (Å²) in [4.78, 5) is 26.6. The number of hydrogen-bond donors (Lipinski definition) is 0. The van der Waals surface area contributed by atoms with Gasteiger partial charge in [-0.05, 0) is 169 Å². The van der Waals surface area contributed by atoms with Gasteiger partial charge in [0.15, 0.2) is 11.6 Å². The van der Waals surface area contributed by atoms with Crippen molar-refractivity contribution in [3.8, 4) is 23.0 Å². The van der Waals surface area contributed by atoms with Crippen molar-refractivity contribution in [3.05, 3.63) is 276 Å². The molecule has 0 atom stereocenters. The highest BCUT2D eigenvalue weighted by Gasteiger charge is 2.47. The molecule has 9 aromatic rings. The topological polar surface area (TPSA) is 52.6 Å². The normalized spacial score (nSPS) is 11.4. The van der Waals surface area contributed by atoms with Gasteiger partial charge in [0.25, 0.3) is 0 Å². The van der Waals surface area contributed by atoms with E-state index in [4.69, 9.17) is 9.47 Å². The van der Waals surface area contributed by atoms with Crippen molar-refractivity contribution in [3.63, 3.8) is 0 Å². The molecular weight excluding hydrogens is 823 g/mol. The minimum Gasteiger partial charge on any atom is -0.457 e. The first-order chi connectivity index (χ1) is 31.7. The van der Waals surface area contributed by atoms with Crippen LogP contribution in [0.2, 0.25) is 0 Å². The van der Waals surface area contributed by atoms with Crippen LogP contribution in [0.1, 0.15) is 56.8 Å². The van der Waals surface area contributed by atoms with Crippen LogP contribution in [0.3, 0.4) is 0 Å². The van der Waals surface area contributed by atoms with Crippen molar-refractivity contribution in [1.29, 1.82) is 0 Å². The summed E-state index contributed by atoms with van der Waals surface area (Å²) >= 11 is 0. The summed E-state index contributed by atoms with van der Waals surface area (Å²) in [6.07, 6.45) is 0. The molecule has 0 heterocycles. The monoisotopic (exact) mass is 867 g/mol. The van der Waals surface area contributed by atoms with Crippen LogP contribution in [0.4, 0.5) is 4.39 Å². The van der Waals surface area contributed by atoms with Crippen molar-refractivity contribution >= 4 is 40.0 Å². The fourth-order valence-electron chi connectivity index (χ4n) is 8.29. The first kappa shape index (κ1) is 42.6.